The van der Waals surface area contributed by atoms with Crippen molar-refractivity contribution in [2.75, 3.05) is 11.9 Å². The minimum absolute atomic E-state index is 0.169. The number of anilines is 1. The number of ether oxygens (including phenoxy) is 2. The summed E-state index contributed by atoms with van der Waals surface area (Å²) in [7, 11) is 0. The predicted octanol–water partition coefficient (Wildman–Crippen LogP) is 6.13. The summed E-state index contributed by atoms with van der Waals surface area (Å²) in [6.45, 7) is 4.78. The van der Waals surface area contributed by atoms with E-state index < -0.39 is 0 Å². The van der Waals surface area contributed by atoms with Crippen LogP contribution in [0, 0.1) is 0 Å². The zero-order chi connectivity index (χ0) is 20.6. The van der Waals surface area contributed by atoms with Crippen molar-refractivity contribution in [2.45, 2.75) is 26.9 Å². The molecule has 5 heteroatoms. The lowest BCUT2D eigenvalue weighted by molar-refractivity contribution is 0.102. The number of hydrogen-bond donors (Lipinski definition) is 1. The average Bonchev–Trinajstić information content (AvgIpc) is 2.73. The molecule has 3 aromatic carbocycles. The zero-order valence-electron chi connectivity index (χ0n) is 16.6. The van der Waals surface area contributed by atoms with E-state index in [9.17, 15) is 4.79 Å². The highest BCUT2D eigenvalue weighted by Crippen LogP contribution is 2.25. The van der Waals surface area contributed by atoms with Gasteiger partial charge in [0, 0.05) is 21.8 Å². The van der Waals surface area contributed by atoms with Crippen molar-refractivity contribution >= 4 is 23.2 Å². The van der Waals surface area contributed by atoms with Crippen LogP contribution in [0.3, 0.4) is 0 Å². The van der Waals surface area contributed by atoms with Crippen LogP contribution in [0.5, 0.6) is 11.5 Å². The summed E-state index contributed by atoms with van der Waals surface area (Å²) < 4.78 is 11.6. The molecule has 3 rings (SSSR count). The number of rotatable bonds is 8. The van der Waals surface area contributed by atoms with Gasteiger partial charge in [0.2, 0.25) is 0 Å². The van der Waals surface area contributed by atoms with Crippen molar-refractivity contribution in [3.8, 4) is 11.5 Å². The summed E-state index contributed by atoms with van der Waals surface area (Å²) in [5, 5.41) is 3.61. The fourth-order valence-electron chi connectivity index (χ4n) is 2.99. The Kier molecular flexibility index (Phi) is 7.14. The monoisotopic (exact) mass is 409 g/mol. The molecule has 1 amide bonds. The average molecular weight is 410 g/mol. The molecule has 150 valence electrons. The van der Waals surface area contributed by atoms with Gasteiger partial charge in [0.25, 0.3) is 5.91 Å². The van der Waals surface area contributed by atoms with Crippen molar-refractivity contribution in [1.29, 1.82) is 0 Å². The van der Waals surface area contributed by atoms with Crippen molar-refractivity contribution < 1.29 is 14.3 Å². The molecule has 0 saturated carbocycles. The van der Waals surface area contributed by atoms with Gasteiger partial charge in [0.1, 0.15) is 18.1 Å². The van der Waals surface area contributed by atoms with E-state index in [1.54, 1.807) is 30.3 Å². The fraction of sp³-hybridized carbons (Fsp3) is 0.208. The Morgan fingerprint density at radius 1 is 0.931 bits per heavy atom. The van der Waals surface area contributed by atoms with Gasteiger partial charge in [-0.2, -0.15) is 0 Å². The van der Waals surface area contributed by atoms with Gasteiger partial charge in [-0.15, -0.1) is 0 Å². The highest BCUT2D eigenvalue weighted by atomic mass is 35.5. The van der Waals surface area contributed by atoms with Gasteiger partial charge in [-0.05, 0) is 61.4 Å². The maximum atomic E-state index is 12.8. The predicted molar refractivity (Wildman–Crippen MR) is 117 cm³/mol. The van der Waals surface area contributed by atoms with Crippen LogP contribution >= 0.6 is 11.6 Å². The topological polar surface area (TPSA) is 47.6 Å². The number of para-hydroxylation sites is 1. The van der Waals surface area contributed by atoms with Gasteiger partial charge < -0.3 is 14.8 Å². The number of amides is 1. The molecule has 1 N–H and O–H groups in total. The first-order valence-electron chi connectivity index (χ1n) is 9.64. The SMILES string of the molecule is CCOc1ccc(C(=O)Nc2ccccc2CC)cc1COc1cccc(Cl)c1. The molecule has 0 saturated heterocycles. The lowest BCUT2D eigenvalue weighted by Gasteiger charge is -2.14. The van der Waals surface area contributed by atoms with Crippen LogP contribution < -0.4 is 14.8 Å². The number of halogens is 1. The third-order valence-electron chi connectivity index (χ3n) is 4.46. The molecule has 4 nitrogen and oxygen atoms in total. The quantitative estimate of drug-likeness (QED) is 0.486. The van der Waals surface area contributed by atoms with Crippen molar-refractivity contribution in [3.63, 3.8) is 0 Å². The van der Waals surface area contributed by atoms with E-state index in [1.807, 2.05) is 43.3 Å². The summed E-state index contributed by atoms with van der Waals surface area (Å²) in [5.41, 5.74) is 3.26. The Morgan fingerprint density at radius 3 is 2.52 bits per heavy atom. The van der Waals surface area contributed by atoms with Gasteiger partial charge in [0.05, 0.1) is 6.61 Å². The first kappa shape index (κ1) is 20.7. The van der Waals surface area contributed by atoms with Crippen molar-refractivity contribution in [2.24, 2.45) is 0 Å². The van der Waals surface area contributed by atoms with E-state index in [2.05, 4.69) is 12.2 Å². The second-order valence-corrected chi connectivity index (χ2v) is 6.90. The molecule has 29 heavy (non-hydrogen) atoms. The maximum Gasteiger partial charge on any atom is 0.255 e. The smallest absolute Gasteiger partial charge is 0.255 e. The number of nitrogens with one attached hydrogen (secondary N) is 1. The number of hydrogen-bond acceptors (Lipinski definition) is 3. The Morgan fingerprint density at radius 2 is 1.76 bits per heavy atom. The molecule has 0 heterocycles. The molecule has 0 aliphatic carbocycles. The van der Waals surface area contributed by atoms with Gasteiger partial charge in [0.15, 0.2) is 0 Å². The van der Waals surface area contributed by atoms with Gasteiger partial charge in [-0.3, -0.25) is 4.79 Å². The highest BCUT2D eigenvalue weighted by molar-refractivity contribution is 6.30. The molecule has 0 aliphatic heterocycles. The van der Waals surface area contributed by atoms with E-state index in [-0.39, 0.29) is 12.5 Å². The Labute approximate surface area is 176 Å². The summed E-state index contributed by atoms with van der Waals surface area (Å²) in [4.78, 5) is 12.8. The molecule has 0 atom stereocenters. The van der Waals surface area contributed by atoms with Gasteiger partial charge in [-0.25, -0.2) is 0 Å². The van der Waals surface area contributed by atoms with Gasteiger partial charge in [-0.1, -0.05) is 42.8 Å². The van der Waals surface area contributed by atoms with Crippen LogP contribution in [0.1, 0.15) is 35.3 Å². The third kappa shape index (κ3) is 5.52. The second kappa shape index (κ2) is 9.99. The first-order chi connectivity index (χ1) is 14.1. The Bertz CT molecular complexity index is 987. The summed E-state index contributed by atoms with van der Waals surface area (Å²) in [6.07, 6.45) is 0.846. The normalized spacial score (nSPS) is 10.4. The molecule has 0 aromatic heterocycles. The maximum absolute atomic E-state index is 12.8. The van der Waals surface area contributed by atoms with Crippen LogP contribution in [-0.2, 0) is 13.0 Å². The lowest BCUT2D eigenvalue weighted by Crippen LogP contribution is -2.14. The molecule has 0 bridgehead atoms. The Balaban J connectivity index is 1.80. The number of aryl methyl sites for hydroxylation is 1. The second-order valence-electron chi connectivity index (χ2n) is 6.47. The number of benzene rings is 3. The summed E-state index contributed by atoms with van der Waals surface area (Å²) in [6, 6.07) is 20.4. The largest absolute Gasteiger partial charge is 0.493 e. The molecule has 0 unspecified atom stereocenters. The fourth-order valence-corrected chi connectivity index (χ4v) is 3.17. The molecule has 3 aromatic rings. The summed E-state index contributed by atoms with van der Waals surface area (Å²) in [5.74, 6) is 1.18. The molecule has 0 spiro atoms. The number of carbonyl (C=O) groups excluding carboxylic acids is 1. The lowest BCUT2D eigenvalue weighted by atomic mass is 10.1. The van der Waals surface area contributed by atoms with Crippen LogP contribution in [0.4, 0.5) is 5.69 Å². The highest BCUT2D eigenvalue weighted by Gasteiger charge is 2.13. The van der Waals surface area contributed by atoms with E-state index in [1.165, 1.54) is 0 Å². The first-order valence-corrected chi connectivity index (χ1v) is 10.0. The number of carbonyl (C=O) groups is 1. The van der Waals surface area contributed by atoms with Gasteiger partial charge >= 0.3 is 0 Å². The van der Waals surface area contributed by atoms with Crippen molar-refractivity contribution in [3.05, 3.63) is 88.4 Å². The molecule has 0 radical (unpaired) electrons. The molecular formula is C24H24ClNO3. The Hall–Kier alpha value is -2.98. The molecular weight excluding hydrogens is 386 g/mol. The minimum atomic E-state index is -0.169. The van der Waals surface area contributed by atoms with Crippen LogP contribution in [0.15, 0.2) is 66.7 Å². The van der Waals surface area contributed by atoms with E-state index in [0.29, 0.717) is 28.7 Å². The standard InChI is InChI=1S/C24H24ClNO3/c1-3-17-8-5-6-11-22(17)26-24(27)18-12-13-23(28-4-2)19(14-18)16-29-21-10-7-9-20(25)15-21/h5-15H,3-4,16H2,1-2H3,(H,26,27). The van der Waals surface area contributed by atoms with Crippen molar-refractivity contribution in [1.82, 2.24) is 0 Å². The van der Waals surface area contributed by atoms with E-state index in [0.717, 1.165) is 23.2 Å². The van der Waals surface area contributed by atoms with Crippen LogP contribution in [-0.4, -0.2) is 12.5 Å². The van der Waals surface area contributed by atoms with E-state index in [4.69, 9.17) is 21.1 Å². The summed E-state index contributed by atoms with van der Waals surface area (Å²) >= 11 is 6.02. The van der Waals surface area contributed by atoms with Crippen LogP contribution in [0.25, 0.3) is 0 Å². The third-order valence-corrected chi connectivity index (χ3v) is 4.69. The molecule has 0 fully saturated rings. The zero-order valence-corrected chi connectivity index (χ0v) is 17.3. The van der Waals surface area contributed by atoms with Crippen LogP contribution in [0.2, 0.25) is 5.02 Å². The molecule has 0 aliphatic rings. The van der Waals surface area contributed by atoms with E-state index >= 15 is 0 Å². The minimum Gasteiger partial charge on any atom is -0.493 e.